The lowest BCUT2D eigenvalue weighted by Crippen LogP contribution is -2.23. The minimum absolute atomic E-state index is 0.101. The van der Waals surface area contributed by atoms with Crippen LogP contribution in [0.1, 0.15) is 15.9 Å². The molecule has 1 amide bonds. The number of carboxylic acids is 1. The molecule has 3 rings (SSSR count). The van der Waals surface area contributed by atoms with E-state index < -0.39 is 18.5 Å². The molecule has 1 N–H and O–H groups in total. The van der Waals surface area contributed by atoms with Crippen LogP contribution in [0.25, 0.3) is 6.08 Å². The van der Waals surface area contributed by atoms with Gasteiger partial charge in [0.15, 0.2) is 23.3 Å². The number of nitrogens with zero attached hydrogens (tertiary/aromatic N) is 2. The Balaban J connectivity index is 1.86. The van der Waals surface area contributed by atoms with Crippen molar-refractivity contribution in [3.05, 3.63) is 57.5 Å². The predicted molar refractivity (Wildman–Crippen MR) is 124 cm³/mol. The molecule has 2 aromatic rings. The minimum Gasteiger partial charge on any atom is -0.493 e. The number of rotatable bonds is 7. The number of likely N-dealkylation sites (N-methyl/N-ethyl adjacent to an activating group) is 1. The van der Waals surface area contributed by atoms with E-state index in [1.807, 2.05) is 0 Å². The van der Waals surface area contributed by atoms with E-state index in [1.54, 1.807) is 49.5 Å². The fraction of sp³-hybridized carbons (Fsp3) is 0.182. The van der Waals surface area contributed by atoms with Gasteiger partial charge in [0.1, 0.15) is 0 Å². The number of amides is 1. The number of methoxy groups -OCH3 is 2. The smallest absolute Gasteiger partial charge is 0.341 e. The summed E-state index contributed by atoms with van der Waals surface area (Å²) < 4.78 is 15.1. The molecule has 0 atom stereocenters. The van der Waals surface area contributed by atoms with Crippen molar-refractivity contribution in [2.24, 2.45) is 4.99 Å². The Morgan fingerprint density at radius 3 is 2.52 bits per heavy atom. The molecule has 0 saturated carbocycles. The van der Waals surface area contributed by atoms with Crippen LogP contribution < -0.4 is 9.47 Å². The van der Waals surface area contributed by atoms with Gasteiger partial charge in [-0.05, 0) is 59.8 Å². The molecule has 0 spiro atoms. The van der Waals surface area contributed by atoms with Gasteiger partial charge in [0, 0.05) is 7.05 Å². The first-order valence-electron chi connectivity index (χ1n) is 9.40. The first kappa shape index (κ1) is 24.1. The molecule has 2 aromatic carbocycles. The number of aliphatic carboxylic acids is 1. The summed E-state index contributed by atoms with van der Waals surface area (Å²) in [4.78, 5) is 41.3. The van der Waals surface area contributed by atoms with Gasteiger partial charge in [-0.25, -0.2) is 14.6 Å². The second-order valence-corrected chi connectivity index (χ2v) is 8.04. The molecule has 1 aliphatic rings. The number of carboxylic acid groups (broad SMARTS) is 1. The number of hydrogen-bond donors (Lipinski definition) is 1. The highest BCUT2D eigenvalue weighted by atomic mass is 35.5. The summed E-state index contributed by atoms with van der Waals surface area (Å²) in [6.07, 6.45) is 1.63. The second-order valence-electron chi connectivity index (χ2n) is 6.62. The molecule has 172 valence electrons. The van der Waals surface area contributed by atoms with Gasteiger partial charge < -0.3 is 19.3 Å². The first-order valence-corrected chi connectivity index (χ1v) is 10.6. The molecular weight excluding hydrogens is 472 g/mol. The number of aliphatic imine (C=N–C) groups is 1. The zero-order valence-corrected chi connectivity index (χ0v) is 19.4. The third-order valence-corrected chi connectivity index (χ3v) is 5.75. The average Bonchev–Trinajstić information content (AvgIpc) is 3.05. The highest BCUT2D eigenvalue weighted by molar-refractivity contribution is 8.18. The predicted octanol–water partition coefficient (Wildman–Crippen LogP) is 3.83. The van der Waals surface area contributed by atoms with E-state index in [1.165, 1.54) is 30.9 Å². The molecule has 0 radical (unpaired) electrons. The van der Waals surface area contributed by atoms with Gasteiger partial charge in [-0.15, -0.1) is 0 Å². The molecule has 11 heteroatoms. The largest absolute Gasteiger partial charge is 0.493 e. The van der Waals surface area contributed by atoms with Crippen LogP contribution in [0.5, 0.6) is 11.5 Å². The van der Waals surface area contributed by atoms with Crippen molar-refractivity contribution >= 4 is 58.1 Å². The number of carbonyl (C=O) groups excluding carboxylic acids is 2. The summed E-state index contributed by atoms with van der Waals surface area (Å²) >= 11 is 7.42. The zero-order valence-electron chi connectivity index (χ0n) is 17.8. The summed E-state index contributed by atoms with van der Waals surface area (Å²) in [6, 6.07) is 9.62. The highest BCUT2D eigenvalue weighted by Crippen LogP contribution is 2.39. The Kier molecular flexibility index (Phi) is 7.62. The van der Waals surface area contributed by atoms with Gasteiger partial charge in [-0.3, -0.25) is 9.69 Å². The molecule has 33 heavy (non-hydrogen) atoms. The van der Waals surface area contributed by atoms with Gasteiger partial charge in [0.2, 0.25) is 0 Å². The van der Waals surface area contributed by atoms with Gasteiger partial charge in [0.05, 0.1) is 35.4 Å². The van der Waals surface area contributed by atoms with Crippen LogP contribution in [-0.2, 0) is 14.3 Å². The maximum Gasteiger partial charge on any atom is 0.341 e. The summed E-state index contributed by atoms with van der Waals surface area (Å²) in [5, 5.41) is 9.41. The van der Waals surface area contributed by atoms with Crippen LogP contribution in [0.2, 0.25) is 5.02 Å². The molecule has 0 aromatic heterocycles. The van der Waals surface area contributed by atoms with Crippen LogP contribution in [-0.4, -0.2) is 60.9 Å². The van der Waals surface area contributed by atoms with Crippen molar-refractivity contribution in [1.82, 2.24) is 4.90 Å². The van der Waals surface area contributed by atoms with Crippen molar-refractivity contribution in [1.29, 1.82) is 0 Å². The van der Waals surface area contributed by atoms with Crippen LogP contribution in [0.15, 0.2) is 46.3 Å². The maximum atomic E-state index is 12.7. The molecule has 1 aliphatic heterocycles. The van der Waals surface area contributed by atoms with Crippen molar-refractivity contribution in [3.63, 3.8) is 0 Å². The van der Waals surface area contributed by atoms with E-state index >= 15 is 0 Å². The van der Waals surface area contributed by atoms with Crippen molar-refractivity contribution in [2.45, 2.75) is 0 Å². The molecule has 1 saturated heterocycles. The van der Waals surface area contributed by atoms with E-state index in [9.17, 15) is 14.4 Å². The Labute approximate surface area is 198 Å². The highest BCUT2D eigenvalue weighted by Gasteiger charge is 2.30. The third-order valence-electron chi connectivity index (χ3n) is 4.41. The van der Waals surface area contributed by atoms with Crippen LogP contribution in [0.4, 0.5) is 5.69 Å². The second kappa shape index (κ2) is 10.4. The average molecular weight is 491 g/mol. The third kappa shape index (κ3) is 5.65. The quantitative estimate of drug-likeness (QED) is 0.460. The van der Waals surface area contributed by atoms with Crippen molar-refractivity contribution in [3.8, 4) is 11.5 Å². The number of esters is 1. The lowest BCUT2D eigenvalue weighted by Gasteiger charge is -2.12. The lowest BCUT2D eigenvalue weighted by molar-refractivity contribution is -0.139. The maximum absolute atomic E-state index is 12.7. The van der Waals surface area contributed by atoms with Crippen LogP contribution >= 0.6 is 23.4 Å². The van der Waals surface area contributed by atoms with Crippen LogP contribution in [0, 0.1) is 0 Å². The molecule has 9 nitrogen and oxygen atoms in total. The zero-order chi connectivity index (χ0) is 24.1. The Morgan fingerprint density at radius 2 is 1.91 bits per heavy atom. The van der Waals surface area contributed by atoms with Gasteiger partial charge in [-0.2, -0.15) is 0 Å². The Bertz CT molecular complexity index is 1160. The van der Waals surface area contributed by atoms with E-state index in [2.05, 4.69) is 9.73 Å². The molecule has 0 bridgehead atoms. The molecule has 0 aliphatic carbocycles. The molecule has 1 fully saturated rings. The number of thioether (sulfide) groups is 1. The molecular formula is C22H19ClN2O7S. The number of carbonyl (C=O) groups is 3. The lowest BCUT2D eigenvalue weighted by atomic mass is 10.2. The van der Waals surface area contributed by atoms with E-state index in [-0.39, 0.29) is 22.4 Å². The topological polar surface area (TPSA) is 115 Å². The summed E-state index contributed by atoms with van der Waals surface area (Å²) in [5.74, 6) is -1.52. The summed E-state index contributed by atoms with van der Waals surface area (Å²) in [7, 11) is 4.31. The van der Waals surface area contributed by atoms with Gasteiger partial charge >= 0.3 is 11.9 Å². The van der Waals surface area contributed by atoms with E-state index in [0.29, 0.717) is 26.9 Å². The van der Waals surface area contributed by atoms with Gasteiger partial charge in [-0.1, -0.05) is 11.6 Å². The fourth-order valence-electron chi connectivity index (χ4n) is 2.80. The van der Waals surface area contributed by atoms with Crippen LogP contribution in [0.3, 0.4) is 0 Å². The number of halogens is 1. The van der Waals surface area contributed by atoms with Gasteiger partial charge in [0.25, 0.3) is 5.91 Å². The summed E-state index contributed by atoms with van der Waals surface area (Å²) in [6.45, 7) is -0.573. The number of hydrogen-bond acceptors (Lipinski definition) is 8. The normalized spacial score (nSPS) is 15.8. The fourth-order valence-corrected chi connectivity index (χ4v) is 4.06. The number of amidine groups is 1. The minimum atomic E-state index is -1.15. The SMILES string of the molecule is COC(=O)c1ccc(N=C2S/C(=C\c3cc(Cl)c(OCC(=O)O)c(OC)c3)C(=O)N2C)cc1. The summed E-state index contributed by atoms with van der Waals surface area (Å²) in [5.41, 5.74) is 1.52. The van der Waals surface area contributed by atoms with E-state index in [4.69, 9.17) is 26.2 Å². The first-order chi connectivity index (χ1) is 15.7. The standard InChI is InChI=1S/C22H19ClN2O7S/c1-25-20(28)17(33-22(25)24-14-6-4-13(5-7-14)21(29)31-3)10-12-8-15(23)19(16(9-12)30-2)32-11-18(26)27/h4-10H,11H2,1-3H3,(H,26,27)/b17-10-,24-22?. The number of ether oxygens (including phenoxy) is 3. The monoisotopic (exact) mass is 490 g/mol. The van der Waals surface area contributed by atoms with Crippen molar-refractivity contribution < 1.29 is 33.7 Å². The molecule has 0 unspecified atom stereocenters. The van der Waals surface area contributed by atoms with E-state index in [0.717, 1.165) is 0 Å². The van der Waals surface area contributed by atoms with Crippen molar-refractivity contribution in [2.75, 3.05) is 27.9 Å². The number of benzene rings is 2. The molecule has 1 heterocycles. The Morgan fingerprint density at radius 1 is 1.21 bits per heavy atom. The Hall–Kier alpha value is -3.50.